The monoisotopic (exact) mass is 548 g/mol. The molecule has 40 heavy (non-hydrogen) atoms. The van der Waals surface area contributed by atoms with Gasteiger partial charge in [0.25, 0.3) is 0 Å². The van der Waals surface area contributed by atoms with Gasteiger partial charge < -0.3 is 0 Å². The normalized spacial score (nSPS) is 11.8. The smallest absolute Gasteiger partial charge is 0.115 e. The fourth-order valence-electron chi connectivity index (χ4n) is 3.04. The van der Waals surface area contributed by atoms with E-state index in [1.54, 1.807) is 31.1 Å². The first-order valence-electron chi connectivity index (χ1n) is 13.7. The van der Waals surface area contributed by atoms with E-state index in [2.05, 4.69) is 125 Å². The van der Waals surface area contributed by atoms with Gasteiger partial charge in [0.15, 0.2) is 0 Å². The highest BCUT2D eigenvalue weighted by Crippen LogP contribution is 2.21. The topological polar surface area (TPSA) is 87.2 Å². The Balaban J connectivity index is 0.000000267. The molecule has 0 fully saturated rings. The molecule has 4 heterocycles. The molecule has 4 rings (SSSR count). The van der Waals surface area contributed by atoms with Crippen molar-refractivity contribution >= 4 is 0 Å². The molecule has 0 aliphatic heterocycles. The molecule has 0 aliphatic rings. The van der Waals surface area contributed by atoms with Gasteiger partial charge in [-0.05, 0) is 23.1 Å². The van der Waals surface area contributed by atoms with E-state index >= 15 is 0 Å². The standard InChI is InChI=1S/2C8H14N2.2C8H12N2/c1-8(2,3)7-5-9-10(4)6-7;1-8(2,3)7-5-6-10(4)9-7;1-8(2,3)7-6-9-4-5-10-7;1-8(2,3)7-4-5-9-6-10-7/h2*5-6H,1-4H3;2*4-6H,1-3H3. The average Bonchev–Trinajstić information content (AvgIpc) is 3.49. The second-order valence-corrected chi connectivity index (χ2v) is 14.0. The van der Waals surface area contributed by atoms with E-state index in [-0.39, 0.29) is 21.7 Å². The van der Waals surface area contributed by atoms with Gasteiger partial charge in [0.2, 0.25) is 0 Å². The summed E-state index contributed by atoms with van der Waals surface area (Å²) in [4.78, 5) is 16.2. The van der Waals surface area contributed by atoms with E-state index in [0.29, 0.717) is 0 Å². The Hall–Kier alpha value is -3.42. The van der Waals surface area contributed by atoms with E-state index in [4.69, 9.17) is 0 Å². The maximum atomic E-state index is 4.30. The quantitative estimate of drug-likeness (QED) is 0.235. The molecule has 0 radical (unpaired) electrons. The Labute approximate surface area is 242 Å². The zero-order valence-corrected chi connectivity index (χ0v) is 27.4. The van der Waals surface area contributed by atoms with Crippen LogP contribution in [0.25, 0.3) is 0 Å². The third-order valence-corrected chi connectivity index (χ3v) is 5.73. The van der Waals surface area contributed by atoms with Crippen molar-refractivity contribution in [2.75, 3.05) is 0 Å². The lowest BCUT2D eigenvalue weighted by Gasteiger charge is -2.16. The lowest BCUT2D eigenvalue weighted by Crippen LogP contribution is -2.13. The van der Waals surface area contributed by atoms with E-state index in [0.717, 1.165) is 17.1 Å². The van der Waals surface area contributed by atoms with Crippen LogP contribution in [0.1, 0.15) is 106 Å². The molecule has 220 valence electrons. The number of nitrogens with zero attached hydrogens (tertiary/aromatic N) is 8. The van der Waals surface area contributed by atoms with E-state index in [9.17, 15) is 0 Å². The van der Waals surface area contributed by atoms with Crippen LogP contribution in [-0.4, -0.2) is 39.5 Å². The summed E-state index contributed by atoms with van der Waals surface area (Å²) in [5.74, 6) is 0. The van der Waals surface area contributed by atoms with Crippen molar-refractivity contribution in [3.63, 3.8) is 0 Å². The Kier molecular flexibility index (Phi) is 12.4. The second-order valence-electron chi connectivity index (χ2n) is 14.0. The van der Waals surface area contributed by atoms with Crippen LogP contribution in [-0.2, 0) is 35.8 Å². The maximum Gasteiger partial charge on any atom is 0.115 e. The van der Waals surface area contributed by atoms with Crippen LogP contribution in [0.5, 0.6) is 0 Å². The maximum absolute atomic E-state index is 4.30. The van der Waals surface area contributed by atoms with Gasteiger partial charge in [0.1, 0.15) is 6.33 Å². The number of aryl methyl sites for hydroxylation is 2. The minimum absolute atomic E-state index is 0.119. The summed E-state index contributed by atoms with van der Waals surface area (Å²) in [5.41, 5.74) is 5.23. The molecule has 0 aromatic carbocycles. The Morgan fingerprint density at radius 1 is 0.550 bits per heavy atom. The van der Waals surface area contributed by atoms with Crippen LogP contribution in [0.15, 0.2) is 61.8 Å². The zero-order chi connectivity index (χ0) is 30.8. The molecule has 8 nitrogen and oxygen atoms in total. The first kappa shape index (κ1) is 34.6. The Morgan fingerprint density at radius 2 is 1.15 bits per heavy atom. The van der Waals surface area contributed by atoms with Crippen LogP contribution < -0.4 is 0 Å². The van der Waals surface area contributed by atoms with Crippen LogP contribution >= 0.6 is 0 Å². The van der Waals surface area contributed by atoms with E-state index in [1.807, 2.05) is 41.9 Å². The zero-order valence-electron chi connectivity index (χ0n) is 27.4. The van der Waals surface area contributed by atoms with Crippen molar-refractivity contribution in [1.82, 2.24) is 39.5 Å². The summed E-state index contributed by atoms with van der Waals surface area (Å²) in [7, 11) is 3.88. The van der Waals surface area contributed by atoms with Crippen LogP contribution in [0, 0.1) is 0 Å². The van der Waals surface area contributed by atoms with Gasteiger partial charge in [-0.2, -0.15) is 10.2 Å². The van der Waals surface area contributed by atoms with Crippen molar-refractivity contribution in [1.29, 1.82) is 0 Å². The molecule has 0 saturated carbocycles. The van der Waals surface area contributed by atoms with Gasteiger partial charge in [-0.15, -0.1) is 0 Å². The highest BCUT2D eigenvalue weighted by atomic mass is 15.3. The SMILES string of the molecule is CC(C)(C)c1ccncn1.CC(C)(C)c1cnccn1.Cn1cc(C(C)(C)C)cn1.Cn1ccc(C(C)(C)C)n1. The molecule has 0 spiro atoms. The molecular weight excluding hydrogens is 496 g/mol. The molecule has 8 heteroatoms. The summed E-state index contributed by atoms with van der Waals surface area (Å²) in [5, 5.41) is 8.40. The van der Waals surface area contributed by atoms with Gasteiger partial charge in [-0.25, -0.2) is 9.97 Å². The van der Waals surface area contributed by atoms with Gasteiger partial charge in [0, 0.05) is 73.2 Å². The molecule has 0 N–H and O–H groups in total. The first-order chi connectivity index (χ1) is 18.2. The summed E-state index contributed by atoms with van der Waals surface area (Å²) < 4.78 is 3.67. The van der Waals surface area contributed by atoms with Crippen molar-refractivity contribution in [2.45, 2.75) is 105 Å². The largest absolute Gasteiger partial charge is 0.276 e. The summed E-state index contributed by atoms with van der Waals surface area (Å²) in [6, 6.07) is 4.00. The van der Waals surface area contributed by atoms with E-state index < -0.39 is 0 Å². The minimum Gasteiger partial charge on any atom is -0.276 e. The average molecular weight is 549 g/mol. The Morgan fingerprint density at radius 3 is 1.40 bits per heavy atom. The van der Waals surface area contributed by atoms with Gasteiger partial charge >= 0.3 is 0 Å². The fourth-order valence-corrected chi connectivity index (χ4v) is 3.04. The second kappa shape index (κ2) is 14.3. The van der Waals surface area contributed by atoms with Crippen molar-refractivity contribution in [3.8, 4) is 0 Å². The molecule has 0 aliphatic carbocycles. The van der Waals surface area contributed by atoms with E-state index in [1.165, 1.54) is 5.56 Å². The van der Waals surface area contributed by atoms with Crippen molar-refractivity contribution < 1.29 is 0 Å². The molecule has 4 aromatic rings. The van der Waals surface area contributed by atoms with Crippen LogP contribution in [0.4, 0.5) is 0 Å². The number of hydrogen-bond donors (Lipinski definition) is 0. The summed E-state index contributed by atoms with van der Waals surface area (Å²) in [6.07, 6.45) is 14.5. The molecule has 0 unspecified atom stereocenters. The van der Waals surface area contributed by atoms with Crippen molar-refractivity contribution in [3.05, 3.63) is 84.5 Å². The Bertz CT molecular complexity index is 1130. The van der Waals surface area contributed by atoms with Gasteiger partial charge in [-0.3, -0.25) is 19.3 Å². The van der Waals surface area contributed by atoms with Crippen molar-refractivity contribution in [2.24, 2.45) is 14.1 Å². The lowest BCUT2D eigenvalue weighted by atomic mass is 9.90. The predicted molar refractivity (Wildman–Crippen MR) is 165 cm³/mol. The number of hydrogen-bond acceptors (Lipinski definition) is 6. The third-order valence-electron chi connectivity index (χ3n) is 5.73. The predicted octanol–water partition coefficient (Wildman–Crippen LogP) is 6.98. The highest BCUT2D eigenvalue weighted by Gasteiger charge is 2.16. The molecular formula is C32H52N8. The third kappa shape index (κ3) is 13.1. The van der Waals surface area contributed by atoms with Crippen LogP contribution in [0.2, 0.25) is 0 Å². The molecule has 4 aromatic heterocycles. The van der Waals surface area contributed by atoms with Gasteiger partial charge in [-0.1, -0.05) is 83.1 Å². The molecule has 0 saturated heterocycles. The minimum atomic E-state index is 0.119. The van der Waals surface area contributed by atoms with Gasteiger partial charge in [0.05, 0.1) is 17.6 Å². The number of rotatable bonds is 0. The highest BCUT2D eigenvalue weighted by molar-refractivity contribution is 5.14. The lowest BCUT2D eigenvalue weighted by molar-refractivity contribution is 0.553. The first-order valence-corrected chi connectivity index (χ1v) is 13.7. The fraction of sp³-hybridized carbons (Fsp3) is 0.562. The molecule has 0 bridgehead atoms. The molecule has 0 atom stereocenters. The summed E-state index contributed by atoms with van der Waals surface area (Å²) in [6.45, 7) is 25.8. The number of aromatic nitrogens is 8. The molecule has 0 amide bonds. The van der Waals surface area contributed by atoms with Crippen LogP contribution in [0.3, 0.4) is 0 Å². The summed E-state index contributed by atoms with van der Waals surface area (Å²) >= 11 is 0.